The monoisotopic (exact) mass is 939 g/mol. The third-order valence-electron chi connectivity index (χ3n) is 12.8. The molecular weight excluding hydrogens is 829 g/mol. The van der Waals surface area contributed by atoms with Crippen molar-refractivity contribution in [3.63, 3.8) is 0 Å². The van der Waals surface area contributed by atoms with E-state index in [1.54, 1.807) is 0 Å². The highest BCUT2D eigenvalue weighted by Gasteiger charge is 2.19. The zero-order valence-corrected chi connectivity index (χ0v) is 44.7. The van der Waals surface area contributed by atoms with Crippen LogP contribution in [-0.2, 0) is 28.6 Å². The molecule has 0 fully saturated rings. The number of carbonyl (C=O) groups is 3. The van der Waals surface area contributed by atoms with Gasteiger partial charge >= 0.3 is 17.9 Å². The van der Waals surface area contributed by atoms with E-state index in [1.807, 2.05) is 0 Å². The van der Waals surface area contributed by atoms with Crippen LogP contribution in [0.3, 0.4) is 0 Å². The Balaban J connectivity index is 4.40. The summed E-state index contributed by atoms with van der Waals surface area (Å²) in [6, 6.07) is 0. The molecule has 1 atom stereocenters. The average molecular weight is 940 g/mol. The molecule has 0 unspecified atom stereocenters. The number of esters is 3. The first-order valence-corrected chi connectivity index (χ1v) is 29.1. The molecule has 6 nitrogen and oxygen atoms in total. The summed E-state index contributed by atoms with van der Waals surface area (Å²) in [6.07, 6.45) is 68.1. The van der Waals surface area contributed by atoms with Crippen molar-refractivity contribution in [2.75, 3.05) is 13.2 Å². The highest BCUT2D eigenvalue weighted by atomic mass is 16.6. The van der Waals surface area contributed by atoms with E-state index in [2.05, 4.69) is 69.4 Å². The van der Waals surface area contributed by atoms with E-state index in [4.69, 9.17) is 14.2 Å². The Hall–Kier alpha value is -2.63. The third-order valence-corrected chi connectivity index (χ3v) is 12.8. The number of carbonyl (C=O) groups excluding carboxylic acids is 3. The molecule has 0 heterocycles. The summed E-state index contributed by atoms with van der Waals surface area (Å²) >= 11 is 0. The van der Waals surface area contributed by atoms with Crippen LogP contribution < -0.4 is 0 Å². The molecule has 0 spiro atoms. The lowest BCUT2D eigenvalue weighted by molar-refractivity contribution is -0.167. The molecule has 0 aliphatic heterocycles. The van der Waals surface area contributed by atoms with Crippen molar-refractivity contribution in [1.82, 2.24) is 0 Å². The second-order valence-electron chi connectivity index (χ2n) is 19.6. The standard InChI is InChI=1S/C61H110O6/c1-4-7-10-13-16-19-22-25-28-30-33-36-39-42-45-48-51-54-60(63)66-57-58(56-65-59(62)53-50-47-44-41-38-35-32-27-24-21-18-15-12-9-6-3)67-61(64)55-52-49-46-43-40-37-34-31-29-26-23-20-17-14-11-8-5-2/h18,21,25,27-28,32,38,41,58H,4-17,19-20,22-24,26,29-31,33-37,39-40,42-57H2,1-3H3/b21-18-,28-25-,32-27-,41-38-/t58-/m1/s1. The lowest BCUT2D eigenvalue weighted by atomic mass is 10.0. The molecule has 0 bridgehead atoms. The third kappa shape index (κ3) is 54.2. The van der Waals surface area contributed by atoms with E-state index in [1.165, 1.54) is 193 Å². The van der Waals surface area contributed by atoms with Crippen LogP contribution >= 0.6 is 0 Å². The SMILES string of the molecule is CCCCC/C=C\C/C=C\C/C=C\CCCCC(=O)OC[C@H](COC(=O)CCCCCCCCC/C=C\CCCCCCCC)OC(=O)CCCCCCCCCCCCCCCCCCC. The van der Waals surface area contributed by atoms with Gasteiger partial charge in [0.05, 0.1) is 0 Å². The van der Waals surface area contributed by atoms with Gasteiger partial charge in [0, 0.05) is 19.3 Å². The molecule has 0 rings (SSSR count). The lowest BCUT2D eigenvalue weighted by Gasteiger charge is -2.18. The van der Waals surface area contributed by atoms with Crippen LogP contribution in [0.1, 0.15) is 303 Å². The van der Waals surface area contributed by atoms with E-state index in [0.717, 1.165) is 70.6 Å². The predicted octanol–water partition coefficient (Wildman–Crippen LogP) is 19.4. The normalized spacial score (nSPS) is 12.3. The number of hydrogen-bond donors (Lipinski definition) is 0. The first-order chi connectivity index (χ1) is 33.0. The Labute approximate surface area is 416 Å². The second kappa shape index (κ2) is 56.0. The van der Waals surface area contributed by atoms with Crippen LogP contribution in [0, 0.1) is 0 Å². The Bertz CT molecular complexity index is 1170. The van der Waals surface area contributed by atoms with Crippen LogP contribution in [0.2, 0.25) is 0 Å². The molecule has 0 radical (unpaired) electrons. The summed E-state index contributed by atoms with van der Waals surface area (Å²) < 4.78 is 16.8. The fourth-order valence-corrected chi connectivity index (χ4v) is 8.39. The van der Waals surface area contributed by atoms with Gasteiger partial charge < -0.3 is 14.2 Å². The van der Waals surface area contributed by atoms with Gasteiger partial charge in [-0.05, 0) is 83.5 Å². The first kappa shape index (κ1) is 64.4. The molecule has 0 saturated carbocycles. The van der Waals surface area contributed by atoms with Crippen LogP contribution in [-0.4, -0.2) is 37.2 Å². The van der Waals surface area contributed by atoms with Gasteiger partial charge in [-0.25, -0.2) is 0 Å². The molecule has 0 aliphatic carbocycles. The predicted molar refractivity (Wildman–Crippen MR) is 289 cm³/mol. The van der Waals surface area contributed by atoms with Gasteiger partial charge in [0.1, 0.15) is 13.2 Å². The number of ether oxygens (including phenoxy) is 3. The minimum absolute atomic E-state index is 0.0845. The number of hydrogen-bond acceptors (Lipinski definition) is 6. The van der Waals surface area contributed by atoms with E-state index in [-0.39, 0.29) is 31.1 Å². The van der Waals surface area contributed by atoms with Crippen molar-refractivity contribution >= 4 is 17.9 Å². The largest absolute Gasteiger partial charge is 0.462 e. The quantitative estimate of drug-likeness (QED) is 0.0262. The van der Waals surface area contributed by atoms with Crippen LogP contribution in [0.25, 0.3) is 0 Å². The Morgan fingerprint density at radius 3 is 0.910 bits per heavy atom. The molecule has 0 saturated heterocycles. The summed E-state index contributed by atoms with van der Waals surface area (Å²) in [4.78, 5) is 38.1. The highest BCUT2D eigenvalue weighted by Crippen LogP contribution is 2.16. The maximum atomic E-state index is 12.9. The van der Waals surface area contributed by atoms with Gasteiger partial charge in [-0.2, -0.15) is 0 Å². The topological polar surface area (TPSA) is 78.9 Å². The fourth-order valence-electron chi connectivity index (χ4n) is 8.39. The average Bonchev–Trinajstić information content (AvgIpc) is 3.33. The van der Waals surface area contributed by atoms with Crippen molar-refractivity contribution in [3.8, 4) is 0 Å². The highest BCUT2D eigenvalue weighted by molar-refractivity contribution is 5.71. The van der Waals surface area contributed by atoms with E-state index < -0.39 is 6.10 Å². The zero-order valence-electron chi connectivity index (χ0n) is 44.7. The molecule has 6 heteroatoms. The van der Waals surface area contributed by atoms with Crippen LogP contribution in [0.5, 0.6) is 0 Å². The summed E-state index contributed by atoms with van der Waals surface area (Å²) in [6.45, 7) is 6.61. The van der Waals surface area contributed by atoms with Crippen molar-refractivity contribution in [1.29, 1.82) is 0 Å². The molecule has 0 aliphatic rings. The minimum atomic E-state index is -0.788. The summed E-state index contributed by atoms with van der Waals surface area (Å²) in [5.41, 5.74) is 0. The molecular formula is C61H110O6. The molecule has 0 amide bonds. The minimum Gasteiger partial charge on any atom is -0.462 e. The maximum Gasteiger partial charge on any atom is 0.306 e. The van der Waals surface area contributed by atoms with Crippen molar-refractivity contribution in [3.05, 3.63) is 48.6 Å². The van der Waals surface area contributed by atoms with E-state index in [0.29, 0.717) is 19.3 Å². The Kier molecular flexibility index (Phi) is 53.8. The summed E-state index contributed by atoms with van der Waals surface area (Å²) in [5, 5.41) is 0. The number of allylic oxidation sites excluding steroid dienone is 8. The van der Waals surface area contributed by atoms with Crippen molar-refractivity contribution in [2.24, 2.45) is 0 Å². The lowest BCUT2D eigenvalue weighted by Crippen LogP contribution is -2.30. The van der Waals surface area contributed by atoms with E-state index in [9.17, 15) is 14.4 Å². The van der Waals surface area contributed by atoms with Crippen LogP contribution in [0.15, 0.2) is 48.6 Å². The van der Waals surface area contributed by atoms with Gasteiger partial charge in [0.15, 0.2) is 6.10 Å². The summed E-state index contributed by atoms with van der Waals surface area (Å²) in [5.74, 6) is -0.913. The Morgan fingerprint density at radius 1 is 0.299 bits per heavy atom. The number of rotatable bonds is 53. The number of unbranched alkanes of at least 4 members (excludes halogenated alkanes) is 34. The van der Waals surface area contributed by atoms with Gasteiger partial charge in [-0.3, -0.25) is 14.4 Å². The second-order valence-corrected chi connectivity index (χ2v) is 19.6. The van der Waals surface area contributed by atoms with Crippen molar-refractivity contribution < 1.29 is 28.6 Å². The molecule has 67 heavy (non-hydrogen) atoms. The molecule has 0 aromatic rings. The van der Waals surface area contributed by atoms with Crippen LogP contribution in [0.4, 0.5) is 0 Å². The van der Waals surface area contributed by atoms with E-state index >= 15 is 0 Å². The zero-order chi connectivity index (χ0) is 48.6. The smallest absolute Gasteiger partial charge is 0.306 e. The molecule has 390 valence electrons. The first-order valence-electron chi connectivity index (χ1n) is 29.1. The summed E-state index contributed by atoms with van der Waals surface area (Å²) in [7, 11) is 0. The maximum absolute atomic E-state index is 12.9. The fraction of sp³-hybridized carbons (Fsp3) is 0.820. The molecule has 0 N–H and O–H groups in total. The Morgan fingerprint density at radius 2 is 0.537 bits per heavy atom. The van der Waals surface area contributed by atoms with Gasteiger partial charge in [0.25, 0.3) is 0 Å². The molecule has 0 aromatic heterocycles. The van der Waals surface area contributed by atoms with Gasteiger partial charge in [-0.15, -0.1) is 0 Å². The molecule has 0 aromatic carbocycles. The van der Waals surface area contributed by atoms with Crippen molar-refractivity contribution in [2.45, 2.75) is 309 Å². The van der Waals surface area contributed by atoms with Gasteiger partial charge in [0.2, 0.25) is 0 Å². The van der Waals surface area contributed by atoms with Gasteiger partial charge in [-0.1, -0.05) is 249 Å².